The molecule has 16 heavy (non-hydrogen) atoms. The minimum atomic E-state index is 0.0589. The van der Waals surface area contributed by atoms with Gasteiger partial charge in [-0.15, -0.1) is 0 Å². The second-order valence-electron chi connectivity index (χ2n) is 3.72. The molecule has 80 valence electrons. The Balaban J connectivity index is 2.16. The van der Waals surface area contributed by atoms with Crippen LogP contribution in [0.1, 0.15) is 16.8 Å². The standard InChI is InChI=1S/C14H13OP/c15-16-14(13-9-5-2-6-10-13)11-12-7-3-1-4-8-12/h1-10,14H,11H2/t14-/m0/s1. The SMILES string of the molecule is O=P[C@@H](Cc1ccccc1)c1ccccc1. The Bertz CT molecular complexity index is 439. The van der Waals surface area contributed by atoms with Crippen LogP contribution < -0.4 is 0 Å². The third-order valence-electron chi connectivity index (χ3n) is 2.58. The predicted octanol–water partition coefficient (Wildman–Crippen LogP) is 4.26. The van der Waals surface area contributed by atoms with Gasteiger partial charge in [0.1, 0.15) is 0 Å². The maximum Gasteiger partial charge on any atom is 0.163 e. The number of benzene rings is 2. The van der Waals surface area contributed by atoms with Gasteiger partial charge in [0, 0.05) is 0 Å². The van der Waals surface area contributed by atoms with Crippen molar-refractivity contribution >= 4 is 8.46 Å². The Hall–Kier alpha value is -1.46. The molecule has 0 aliphatic heterocycles. The van der Waals surface area contributed by atoms with Crippen LogP contribution in [0.25, 0.3) is 0 Å². The monoisotopic (exact) mass is 228 g/mol. The highest BCUT2D eigenvalue weighted by molar-refractivity contribution is 7.24. The van der Waals surface area contributed by atoms with E-state index in [-0.39, 0.29) is 14.1 Å². The van der Waals surface area contributed by atoms with Gasteiger partial charge < -0.3 is 0 Å². The molecule has 2 aromatic rings. The fourth-order valence-electron chi connectivity index (χ4n) is 1.73. The van der Waals surface area contributed by atoms with E-state index in [1.54, 1.807) is 0 Å². The summed E-state index contributed by atoms with van der Waals surface area (Å²) >= 11 is 0. The minimum Gasteiger partial charge on any atom is -0.274 e. The van der Waals surface area contributed by atoms with Crippen LogP contribution in [0.2, 0.25) is 0 Å². The van der Waals surface area contributed by atoms with Gasteiger partial charge >= 0.3 is 0 Å². The highest BCUT2D eigenvalue weighted by atomic mass is 31.1. The first-order valence-corrected chi connectivity index (χ1v) is 6.19. The first-order chi connectivity index (χ1) is 7.90. The zero-order chi connectivity index (χ0) is 11.2. The van der Waals surface area contributed by atoms with E-state index in [4.69, 9.17) is 0 Å². The molecule has 0 N–H and O–H groups in total. The fraction of sp³-hybridized carbons (Fsp3) is 0.143. The molecule has 2 aromatic carbocycles. The van der Waals surface area contributed by atoms with Gasteiger partial charge in [0.15, 0.2) is 8.46 Å². The van der Waals surface area contributed by atoms with Gasteiger partial charge in [-0.25, -0.2) is 0 Å². The normalized spacial score (nSPS) is 12.5. The summed E-state index contributed by atoms with van der Waals surface area (Å²) in [5.41, 5.74) is 2.41. The van der Waals surface area contributed by atoms with Crippen molar-refractivity contribution in [1.29, 1.82) is 0 Å². The molecule has 0 bridgehead atoms. The highest BCUT2D eigenvalue weighted by Crippen LogP contribution is 2.30. The maximum atomic E-state index is 11.2. The van der Waals surface area contributed by atoms with Crippen molar-refractivity contribution in [2.75, 3.05) is 0 Å². The van der Waals surface area contributed by atoms with Crippen LogP contribution in [0.5, 0.6) is 0 Å². The molecule has 0 amide bonds. The summed E-state index contributed by atoms with van der Waals surface area (Å²) in [6.45, 7) is 0. The molecule has 2 heteroatoms. The summed E-state index contributed by atoms with van der Waals surface area (Å²) in [6, 6.07) is 20.2. The lowest BCUT2D eigenvalue weighted by molar-refractivity contribution is 0.591. The van der Waals surface area contributed by atoms with E-state index in [0.29, 0.717) is 0 Å². The molecule has 0 fully saturated rings. The first kappa shape index (κ1) is 11.0. The second kappa shape index (κ2) is 5.58. The summed E-state index contributed by atoms with van der Waals surface area (Å²) in [4.78, 5) is 0. The molecule has 0 heterocycles. The topological polar surface area (TPSA) is 17.1 Å². The molecule has 1 nitrogen and oxygen atoms in total. The van der Waals surface area contributed by atoms with Gasteiger partial charge in [-0.05, 0) is 17.5 Å². The average Bonchev–Trinajstić information content (AvgIpc) is 2.38. The summed E-state index contributed by atoms with van der Waals surface area (Å²) in [5, 5.41) is 0. The molecule has 0 aromatic heterocycles. The third kappa shape index (κ3) is 2.77. The molecule has 0 aliphatic rings. The Morgan fingerprint density at radius 2 is 1.44 bits per heavy atom. The van der Waals surface area contributed by atoms with Crippen LogP contribution in [0, 0.1) is 0 Å². The molecule has 2 rings (SSSR count). The van der Waals surface area contributed by atoms with Crippen LogP contribution in [0.4, 0.5) is 0 Å². The van der Waals surface area contributed by atoms with Crippen molar-refractivity contribution in [3.05, 3.63) is 71.8 Å². The molecule has 0 aliphatic carbocycles. The average molecular weight is 228 g/mol. The lowest BCUT2D eigenvalue weighted by Crippen LogP contribution is -1.95. The Morgan fingerprint density at radius 1 is 0.875 bits per heavy atom. The lowest BCUT2D eigenvalue weighted by Gasteiger charge is -2.09. The molecular weight excluding hydrogens is 215 g/mol. The van der Waals surface area contributed by atoms with Crippen molar-refractivity contribution in [2.45, 2.75) is 12.1 Å². The van der Waals surface area contributed by atoms with Crippen molar-refractivity contribution in [2.24, 2.45) is 0 Å². The van der Waals surface area contributed by atoms with Gasteiger partial charge in [0.25, 0.3) is 0 Å². The van der Waals surface area contributed by atoms with Crippen LogP contribution in [0.15, 0.2) is 60.7 Å². The predicted molar refractivity (Wildman–Crippen MR) is 66.9 cm³/mol. The van der Waals surface area contributed by atoms with Gasteiger partial charge in [0.2, 0.25) is 0 Å². The molecule has 0 spiro atoms. The summed E-state index contributed by atoms with van der Waals surface area (Å²) < 4.78 is 11.2. The molecule has 0 radical (unpaired) electrons. The Morgan fingerprint density at radius 3 is 2.00 bits per heavy atom. The number of hydrogen-bond acceptors (Lipinski definition) is 1. The Labute approximate surface area is 97.3 Å². The smallest absolute Gasteiger partial charge is 0.163 e. The van der Waals surface area contributed by atoms with Crippen molar-refractivity contribution in [3.8, 4) is 0 Å². The first-order valence-electron chi connectivity index (χ1n) is 5.31. The number of hydrogen-bond donors (Lipinski definition) is 0. The van der Waals surface area contributed by atoms with E-state index in [9.17, 15) is 4.57 Å². The largest absolute Gasteiger partial charge is 0.274 e. The summed E-state index contributed by atoms with van der Waals surface area (Å²) in [7, 11) is 0.185. The zero-order valence-electron chi connectivity index (χ0n) is 8.91. The van der Waals surface area contributed by atoms with Crippen molar-refractivity contribution in [1.82, 2.24) is 0 Å². The third-order valence-corrected chi connectivity index (χ3v) is 3.32. The van der Waals surface area contributed by atoms with Crippen LogP contribution >= 0.6 is 8.46 Å². The molecule has 0 unspecified atom stereocenters. The molecule has 0 saturated carbocycles. The van der Waals surface area contributed by atoms with Gasteiger partial charge in [0.05, 0.1) is 5.66 Å². The maximum absolute atomic E-state index is 11.2. The van der Waals surface area contributed by atoms with E-state index < -0.39 is 0 Å². The Kier molecular flexibility index (Phi) is 3.85. The number of rotatable bonds is 4. The van der Waals surface area contributed by atoms with Crippen molar-refractivity contribution in [3.63, 3.8) is 0 Å². The quantitative estimate of drug-likeness (QED) is 0.714. The van der Waals surface area contributed by atoms with E-state index in [0.717, 1.165) is 12.0 Å². The highest BCUT2D eigenvalue weighted by Gasteiger charge is 2.11. The van der Waals surface area contributed by atoms with Gasteiger partial charge in [-0.1, -0.05) is 60.7 Å². The van der Waals surface area contributed by atoms with Crippen molar-refractivity contribution < 1.29 is 4.57 Å². The second-order valence-corrected chi connectivity index (χ2v) is 4.56. The zero-order valence-corrected chi connectivity index (χ0v) is 9.81. The molecule has 0 saturated heterocycles. The molecule has 1 atom stereocenters. The minimum absolute atomic E-state index is 0.0589. The van der Waals surface area contributed by atoms with E-state index in [1.165, 1.54) is 5.56 Å². The fourth-order valence-corrected chi connectivity index (χ4v) is 2.31. The summed E-state index contributed by atoms with van der Waals surface area (Å²) in [5.74, 6) is 0. The van der Waals surface area contributed by atoms with Crippen LogP contribution in [0.3, 0.4) is 0 Å². The summed E-state index contributed by atoms with van der Waals surface area (Å²) in [6.07, 6.45) is 0.815. The van der Waals surface area contributed by atoms with E-state index in [2.05, 4.69) is 12.1 Å². The molecular formula is C14H13OP. The van der Waals surface area contributed by atoms with E-state index >= 15 is 0 Å². The lowest BCUT2D eigenvalue weighted by atomic mass is 10.0. The van der Waals surface area contributed by atoms with Gasteiger partial charge in [-0.2, -0.15) is 0 Å². The van der Waals surface area contributed by atoms with Crippen LogP contribution in [-0.4, -0.2) is 0 Å². The van der Waals surface area contributed by atoms with Crippen LogP contribution in [-0.2, 0) is 11.0 Å². The van der Waals surface area contributed by atoms with E-state index in [1.807, 2.05) is 48.5 Å². The van der Waals surface area contributed by atoms with Gasteiger partial charge in [-0.3, -0.25) is 4.57 Å².